The van der Waals surface area contributed by atoms with Crippen LogP contribution in [0.25, 0.3) is 22.4 Å². The molecule has 1 N–H and O–H groups in total. The second-order valence-electron chi connectivity index (χ2n) is 7.35. The smallest absolute Gasteiger partial charge is 0.232 e. The Morgan fingerprint density at radius 3 is 2.34 bits per heavy atom. The lowest BCUT2D eigenvalue weighted by molar-refractivity contribution is -0.117. The Labute approximate surface area is 185 Å². The number of likely N-dealkylation sites (N-methyl/N-ethyl adjacent to an activating group) is 1. The Hall–Kier alpha value is -3.84. The molecule has 2 heterocycles. The molecule has 0 aliphatic heterocycles. The third kappa shape index (κ3) is 4.43. The molecule has 0 saturated carbocycles. The van der Waals surface area contributed by atoms with Crippen LogP contribution in [0.1, 0.15) is 5.56 Å². The second-order valence-corrected chi connectivity index (χ2v) is 7.35. The van der Waals surface area contributed by atoms with E-state index in [2.05, 4.69) is 4.98 Å². The van der Waals surface area contributed by atoms with E-state index >= 15 is 0 Å². The lowest BCUT2D eigenvalue weighted by Gasteiger charge is -2.21. The van der Waals surface area contributed by atoms with Crippen molar-refractivity contribution in [1.29, 1.82) is 0 Å². The number of rotatable bonds is 7. The number of benzene rings is 2. The topological polar surface area (TPSA) is 71.2 Å². The highest BCUT2D eigenvalue weighted by Crippen LogP contribution is 2.39. The fraction of sp³-hybridized carbons (Fsp3) is 0.160. The monoisotopic (exact) mass is 430 g/mol. The van der Waals surface area contributed by atoms with E-state index in [0.717, 1.165) is 16.7 Å². The van der Waals surface area contributed by atoms with Gasteiger partial charge in [0.15, 0.2) is 0 Å². The highest BCUT2D eigenvalue weighted by atomic mass is 19.1. The number of aliphatic hydroxyl groups is 1. The van der Waals surface area contributed by atoms with E-state index in [0.29, 0.717) is 17.1 Å². The van der Waals surface area contributed by atoms with E-state index in [-0.39, 0.29) is 31.3 Å². The minimum absolute atomic E-state index is 0.115. The van der Waals surface area contributed by atoms with Gasteiger partial charge < -0.3 is 5.11 Å². The lowest BCUT2D eigenvalue weighted by atomic mass is 10.0. The van der Waals surface area contributed by atoms with Crippen molar-refractivity contribution in [3.63, 3.8) is 0 Å². The first-order chi connectivity index (χ1) is 15.6. The molecule has 1 amide bonds. The average molecular weight is 430 g/mol. The van der Waals surface area contributed by atoms with Crippen molar-refractivity contribution in [3.8, 4) is 22.4 Å². The third-order valence-electron chi connectivity index (χ3n) is 5.21. The van der Waals surface area contributed by atoms with Crippen molar-refractivity contribution < 1.29 is 14.3 Å². The predicted octanol–water partition coefficient (Wildman–Crippen LogP) is 3.95. The fourth-order valence-electron chi connectivity index (χ4n) is 3.65. The van der Waals surface area contributed by atoms with E-state index in [9.17, 15) is 14.3 Å². The van der Waals surface area contributed by atoms with Gasteiger partial charge in [-0.15, -0.1) is 0 Å². The molecule has 32 heavy (non-hydrogen) atoms. The molecule has 0 radical (unpaired) electrons. The number of amides is 1. The molecule has 0 atom stereocenters. The van der Waals surface area contributed by atoms with Crippen molar-refractivity contribution in [3.05, 3.63) is 90.5 Å². The van der Waals surface area contributed by atoms with Crippen LogP contribution in [-0.4, -0.2) is 39.4 Å². The summed E-state index contributed by atoms with van der Waals surface area (Å²) in [5.74, 6) is 0.103. The van der Waals surface area contributed by atoms with Gasteiger partial charge in [-0.05, 0) is 47.5 Å². The molecule has 0 aliphatic rings. The standard InChI is InChI=1S/C25H23FN4O2/c1-29(22(32)17-18-5-3-2-4-6-18)25-23(19-11-13-27-14-12-19)24(28-30(25)15-16-31)20-7-9-21(26)10-8-20/h2-14,31H,15-17H2,1H3. The molecule has 0 saturated heterocycles. The van der Waals surface area contributed by atoms with Crippen LogP contribution in [0, 0.1) is 5.82 Å². The van der Waals surface area contributed by atoms with Crippen LogP contribution >= 0.6 is 0 Å². The first kappa shape index (κ1) is 21.4. The largest absolute Gasteiger partial charge is 0.394 e. The molecule has 2 aromatic heterocycles. The zero-order valence-electron chi connectivity index (χ0n) is 17.6. The summed E-state index contributed by atoms with van der Waals surface area (Å²) >= 11 is 0. The summed E-state index contributed by atoms with van der Waals surface area (Å²) < 4.78 is 15.2. The summed E-state index contributed by atoms with van der Waals surface area (Å²) in [5.41, 5.74) is 3.75. The van der Waals surface area contributed by atoms with Crippen LogP contribution in [0.3, 0.4) is 0 Å². The molecule has 6 nitrogen and oxygen atoms in total. The van der Waals surface area contributed by atoms with Gasteiger partial charge in [-0.25, -0.2) is 9.07 Å². The maximum Gasteiger partial charge on any atom is 0.232 e. The molecule has 0 bridgehead atoms. The van der Waals surface area contributed by atoms with E-state index in [4.69, 9.17) is 5.10 Å². The van der Waals surface area contributed by atoms with E-state index in [1.54, 1.807) is 41.2 Å². The highest BCUT2D eigenvalue weighted by molar-refractivity contribution is 6.00. The van der Waals surface area contributed by atoms with Crippen LogP contribution in [0.15, 0.2) is 79.1 Å². The Bertz CT molecular complexity index is 1190. The summed E-state index contributed by atoms with van der Waals surface area (Å²) in [6.45, 7) is 0.0611. The summed E-state index contributed by atoms with van der Waals surface area (Å²) in [5, 5.41) is 14.4. The van der Waals surface area contributed by atoms with Crippen molar-refractivity contribution in [2.45, 2.75) is 13.0 Å². The second kappa shape index (κ2) is 9.53. The number of pyridine rings is 1. The number of anilines is 1. The molecule has 4 aromatic rings. The first-order valence-corrected chi connectivity index (χ1v) is 10.3. The minimum atomic E-state index is -0.343. The molecular formula is C25H23FN4O2. The predicted molar refractivity (Wildman–Crippen MR) is 121 cm³/mol. The molecule has 162 valence electrons. The summed E-state index contributed by atoms with van der Waals surface area (Å²) in [6, 6.07) is 19.3. The van der Waals surface area contributed by atoms with Crippen molar-refractivity contribution in [2.75, 3.05) is 18.6 Å². The third-order valence-corrected chi connectivity index (χ3v) is 5.21. The van der Waals surface area contributed by atoms with Gasteiger partial charge in [-0.2, -0.15) is 5.10 Å². The Kier molecular flexibility index (Phi) is 6.37. The Balaban J connectivity index is 1.86. The van der Waals surface area contributed by atoms with Crippen LogP contribution in [-0.2, 0) is 17.8 Å². The van der Waals surface area contributed by atoms with Crippen LogP contribution < -0.4 is 4.90 Å². The van der Waals surface area contributed by atoms with Gasteiger partial charge in [0.2, 0.25) is 5.91 Å². The number of aliphatic hydroxyl groups excluding tert-OH is 1. The molecule has 7 heteroatoms. The number of nitrogens with zero attached hydrogens (tertiary/aromatic N) is 4. The maximum atomic E-state index is 13.6. The minimum Gasteiger partial charge on any atom is -0.394 e. The summed E-state index contributed by atoms with van der Waals surface area (Å²) in [4.78, 5) is 18.9. The quantitative estimate of drug-likeness (QED) is 0.482. The van der Waals surface area contributed by atoms with Crippen LogP contribution in [0.5, 0.6) is 0 Å². The van der Waals surface area contributed by atoms with Crippen molar-refractivity contribution >= 4 is 11.7 Å². The van der Waals surface area contributed by atoms with Gasteiger partial charge in [-0.1, -0.05) is 30.3 Å². The Morgan fingerprint density at radius 1 is 1.00 bits per heavy atom. The summed E-state index contributed by atoms with van der Waals surface area (Å²) in [6.07, 6.45) is 3.56. The van der Waals surface area contributed by atoms with E-state index in [1.165, 1.54) is 12.1 Å². The van der Waals surface area contributed by atoms with Gasteiger partial charge in [0, 0.05) is 25.0 Å². The van der Waals surface area contributed by atoms with Crippen LogP contribution in [0.2, 0.25) is 0 Å². The van der Waals surface area contributed by atoms with Gasteiger partial charge in [0.1, 0.15) is 17.3 Å². The van der Waals surface area contributed by atoms with Gasteiger partial charge in [-0.3, -0.25) is 14.7 Å². The average Bonchev–Trinajstić information content (AvgIpc) is 3.19. The molecule has 0 aliphatic carbocycles. The highest BCUT2D eigenvalue weighted by Gasteiger charge is 2.26. The molecule has 0 unspecified atom stereocenters. The van der Waals surface area contributed by atoms with Crippen molar-refractivity contribution in [1.82, 2.24) is 14.8 Å². The number of halogens is 1. The Morgan fingerprint density at radius 2 is 1.69 bits per heavy atom. The first-order valence-electron chi connectivity index (χ1n) is 10.3. The number of aromatic nitrogens is 3. The maximum absolute atomic E-state index is 13.6. The zero-order valence-corrected chi connectivity index (χ0v) is 17.6. The van der Waals surface area contributed by atoms with Crippen LogP contribution in [0.4, 0.5) is 10.2 Å². The van der Waals surface area contributed by atoms with Gasteiger partial charge in [0.25, 0.3) is 0 Å². The number of hydrogen-bond donors (Lipinski definition) is 1. The molecule has 2 aromatic carbocycles. The zero-order chi connectivity index (χ0) is 22.5. The summed E-state index contributed by atoms with van der Waals surface area (Å²) in [7, 11) is 1.70. The SMILES string of the molecule is CN(C(=O)Cc1ccccc1)c1c(-c2ccncc2)c(-c2ccc(F)cc2)nn1CCO. The number of carbonyl (C=O) groups is 1. The fourth-order valence-corrected chi connectivity index (χ4v) is 3.65. The number of carbonyl (C=O) groups excluding carboxylic acids is 1. The van der Waals surface area contributed by atoms with Gasteiger partial charge >= 0.3 is 0 Å². The lowest BCUT2D eigenvalue weighted by Crippen LogP contribution is -2.30. The van der Waals surface area contributed by atoms with E-state index < -0.39 is 0 Å². The van der Waals surface area contributed by atoms with E-state index in [1.807, 2.05) is 42.5 Å². The number of hydrogen-bond acceptors (Lipinski definition) is 4. The molecule has 4 rings (SSSR count). The molecular weight excluding hydrogens is 407 g/mol. The molecule has 0 fully saturated rings. The normalized spacial score (nSPS) is 10.8. The molecule has 0 spiro atoms. The van der Waals surface area contributed by atoms with Gasteiger partial charge in [0.05, 0.1) is 25.1 Å². The van der Waals surface area contributed by atoms with Crippen molar-refractivity contribution in [2.24, 2.45) is 0 Å².